The van der Waals surface area contributed by atoms with Gasteiger partial charge in [-0.1, -0.05) is 12.1 Å². The molecule has 1 fully saturated rings. The summed E-state index contributed by atoms with van der Waals surface area (Å²) >= 11 is 0. The predicted octanol–water partition coefficient (Wildman–Crippen LogP) is 0.909. The van der Waals surface area contributed by atoms with Crippen LogP contribution in [-0.2, 0) is 0 Å². The second-order valence-corrected chi connectivity index (χ2v) is 3.69. The lowest BCUT2D eigenvalue weighted by Gasteiger charge is -2.10. The second-order valence-electron chi connectivity index (χ2n) is 3.69. The van der Waals surface area contributed by atoms with Crippen LogP contribution in [0.25, 0.3) is 0 Å². The highest BCUT2D eigenvalue weighted by atomic mass is 16.5. The fraction of sp³-hybridized carbons (Fsp3) is 0.455. The maximum Gasteiger partial charge on any atom is 0.119 e. The van der Waals surface area contributed by atoms with Gasteiger partial charge < -0.3 is 10.5 Å². The van der Waals surface area contributed by atoms with Crippen LogP contribution in [0.1, 0.15) is 24.9 Å². The van der Waals surface area contributed by atoms with Crippen LogP contribution in [0.15, 0.2) is 24.3 Å². The van der Waals surface area contributed by atoms with Crippen LogP contribution in [0.4, 0.5) is 0 Å². The second kappa shape index (κ2) is 4.61. The number of benzene rings is 1. The molecule has 0 radical (unpaired) electrons. The minimum atomic E-state index is 0.0431. The smallest absolute Gasteiger partial charge is 0.119 e. The lowest BCUT2D eigenvalue weighted by Crippen LogP contribution is -2.36. The van der Waals surface area contributed by atoms with E-state index in [9.17, 15) is 0 Å². The van der Waals surface area contributed by atoms with Crippen molar-refractivity contribution < 1.29 is 4.74 Å². The Hall–Kier alpha value is -1.10. The number of hydrogen-bond acceptors (Lipinski definition) is 4. The molecule has 0 amide bonds. The molecule has 2 unspecified atom stereocenters. The van der Waals surface area contributed by atoms with Gasteiger partial charge in [-0.15, -0.1) is 0 Å². The molecule has 0 bridgehead atoms. The Balaban J connectivity index is 2.03. The zero-order valence-corrected chi connectivity index (χ0v) is 8.86. The molecule has 1 heterocycles. The lowest BCUT2D eigenvalue weighted by atomic mass is 10.0. The lowest BCUT2D eigenvalue weighted by molar-refractivity contribution is 0.340. The van der Waals surface area contributed by atoms with Crippen LogP contribution in [0.3, 0.4) is 0 Å². The third-order valence-electron chi connectivity index (χ3n) is 2.53. The summed E-state index contributed by atoms with van der Waals surface area (Å²) in [6.45, 7) is 2.68. The molecular weight excluding hydrogens is 190 g/mol. The van der Waals surface area contributed by atoms with Gasteiger partial charge in [0.05, 0.1) is 12.8 Å². The minimum absolute atomic E-state index is 0.0431. The molecule has 1 saturated heterocycles. The summed E-state index contributed by atoms with van der Waals surface area (Å²) in [7, 11) is 0. The van der Waals surface area contributed by atoms with Crippen molar-refractivity contribution in [1.82, 2.24) is 10.9 Å². The zero-order valence-electron chi connectivity index (χ0n) is 8.86. The molecule has 4 N–H and O–H groups in total. The van der Waals surface area contributed by atoms with Gasteiger partial charge in [0.1, 0.15) is 5.75 Å². The van der Waals surface area contributed by atoms with E-state index in [1.165, 1.54) is 5.56 Å². The summed E-state index contributed by atoms with van der Waals surface area (Å²) in [5.41, 5.74) is 13.1. The molecule has 2 atom stereocenters. The van der Waals surface area contributed by atoms with Gasteiger partial charge >= 0.3 is 0 Å². The number of rotatable bonds is 3. The number of hydrogen-bond donors (Lipinski definition) is 3. The van der Waals surface area contributed by atoms with E-state index in [1.54, 1.807) is 0 Å². The standard InChI is InChI=1S/C11H17N3O/c1-2-15-9-5-3-8(4-6-9)10-7-11(12)14-13-10/h3-6,10-11,13-14H,2,7,12H2,1H3. The van der Waals surface area contributed by atoms with Gasteiger partial charge in [0.15, 0.2) is 0 Å². The van der Waals surface area contributed by atoms with Crippen molar-refractivity contribution in [3.05, 3.63) is 29.8 Å². The van der Waals surface area contributed by atoms with E-state index in [1.807, 2.05) is 19.1 Å². The maximum absolute atomic E-state index is 5.74. The predicted molar refractivity (Wildman–Crippen MR) is 59.2 cm³/mol. The third-order valence-corrected chi connectivity index (χ3v) is 2.53. The topological polar surface area (TPSA) is 59.3 Å². The van der Waals surface area contributed by atoms with Crippen molar-refractivity contribution in [3.63, 3.8) is 0 Å². The first-order valence-corrected chi connectivity index (χ1v) is 5.29. The van der Waals surface area contributed by atoms with Gasteiger partial charge in [0.25, 0.3) is 0 Å². The molecule has 0 aromatic heterocycles. The Labute approximate surface area is 89.8 Å². The molecule has 82 valence electrons. The van der Waals surface area contributed by atoms with E-state index in [4.69, 9.17) is 10.5 Å². The van der Waals surface area contributed by atoms with E-state index >= 15 is 0 Å². The van der Waals surface area contributed by atoms with E-state index in [-0.39, 0.29) is 6.17 Å². The van der Waals surface area contributed by atoms with E-state index < -0.39 is 0 Å². The van der Waals surface area contributed by atoms with Gasteiger partial charge in [-0.2, -0.15) is 0 Å². The molecule has 4 nitrogen and oxygen atoms in total. The minimum Gasteiger partial charge on any atom is -0.494 e. The van der Waals surface area contributed by atoms with Gasteiger partial charge in [-0.25, -0.2) is 10.9 Å². The first-order valence-electron chi connectivity index (χ1n) is 5.29. The van der Waals surface area contributed by atoms with Crippen LogP contribution in [0.5, 0.6) is 5.75 Å². The highest BCUT2D eigenvalue weighted by molar-refractivity contribution is 5.29. The fourth-order valence-corrected chi connectivity index (χ4v) is 1.76. The fourth-order valence-electron chi connectivity index (χ4n) is 1.76. The Kier molecular flexibility index (Phi) is 3.20. The van der Waals surface area contributed by atoms with Crippen molar-refractivity contribution in [2.45, 2.75) is 25.6 Å². The largest absolute Gasteiger partial charge is 0.494 e. The highest BCUT2D eigenvalue weighted by Gasteiger charge is 2.21. The van der Waals surface area contributed by atoms with Crippen LogP contribution in [0, 0.1) is 0 Å². The molecule has 4 heteroatoms. The van der Waals surface area contributed by atoms with Crippen molar-refractivity contribution in [1.29, 1.82) is 0 Å². The Morgan fingerprint density at radius 1 is 1.33 bits per heavy atom. The Morgan fingerprint density at radius 3 is 2.60 bits per heavy atom. The number of nitrogens with two attached hydrogens (primary N) is 1. The van der Waals surface area contributed by atoms with Crippen LogP contribution in [-0.4, -0.2) is 12.8 Å². The first-order chi connectivity index (χ1) is 7.29. The van der Waals surface area contributed by atoms with Crippen LogP contribution >= 0.6 is 0 Å². The summed E-state index contributed by atoms with van der Waals surface area (Å²) in [5, 5.41) is 0. The van der Waals surface area contributed by atoms with Crippen LogP contribution < -0.4 is 21.3 Å². The summed E-state index contributed by atoms with van der Waals surface area (Å²) < 4.78 is 5.38. The molecule has 0 spiro atoms. The third kappa shape index (κ3) is 2.47. The molecule has 15 heavy (non-hydrogen) atoms. The van der Waals surface area contributed by atoms with E-state index in [2.05, 4.69) is 23.0 Å². The van der Waals surface area contributed by atoms with Gasteiger partial charge in [0, 0.05) is 6.04 Å². The van der Waals surface area contributed by atoms with Crippen molar-refractivity contribution >= 4 is 0 Å². The Morgan fingerprint density at radius 2 is 2.07 bits per heavy atom. The zero-order chi connectivity index (χ0) is 10.7. The first kappa shape index (κ1) is 10.4. The average Bonchev–Trinajstić information content (AvgIpc) is 2.67. The van der Waals surface area contributed by atoms with E-state index in [0.29, 0.717) is 12.6 Å². The summed E-state index contributed by atoms with van der Waals surface area (Å²) in [6, 6.07) is 8.43. The molecule has 1 aliphatic heterocycles. The SMILES string of the molecule is CCOc1ccc(C2CC(N)NN2)cc1. The molecule has 2 rings (SSSR count). The molecule has 1 aromatic rings. The van der Waals surface area contributed by atoms with Gasteiger partial charge in [-0.05, 0) is 31.0 Å². The number of hydrazine groups is 1. The monoisotopic (exact) mass is 207 g/mol. The number of ether oxygens (including phenoxy) is 1. The molecule has 1 aliphatic rings. The molecule has 0 aliphatic carbocycles. The summed E-state index contributed by atoms with van der Waals surface area (Å²) in [6.07, 6.45) is 0.954. The Bertz CT molecular complexity index is 312. The van der Waals surface area contributed by atoms with Crippen molar-refractivity contribution in [2.75, 3.05) is 6.61 Å². The molecule has 0 saturated carbocycles. The van der Waals surface area contributed by atoms with Crippen molar-refractivity contribution in [2.24, 2.45) is 5.73 Å². The number of nitrogens with one attached hydrogen (secondary N) is 2. The van der Waals surface area contributed by atoms with Gasteiger partial charge in [0.2, 0.25) is 0 Å². The summed E-state index contributed by atoms with van der Waals surface area (Å²) in [5.74, 6) is 0.913. The summed E-state index contributed by atoms with van der Waals surface area (Å²) in [4.78, 5) is 0. The quantitative estimate of drug-likeness (QED) is 0.689. The molecule has 1 aromatic carbocycles. The molecular formula is C11H17N3O. The van der Waals surface area contributed by atoms with E-state index in [0.717, 1.165) is 12.2 Å². The average molecular weight is 207 g/mol. The van der Waals surface area contributed by atoms with Crippen molar-refractivity contribution in [3.8, 4) is 5.75 Å². The normalized spacial score (nSPS) is 25.5. The van der Waals surface area contributed by atoms with Gasteiger partial charge in [-0.3, -0.25) is 0 Å². The highest BCUT2D eigenvalue weighted by Crippen LogP contribution is 2.22. The maximum atomic E-state index is 5.74. The van der Waals surface area contributed by atoms with Crippen LogP contribution in [0.2, 0.25) is 0 Å².